The lowest BCUT2D eigenvalue weighted by atomic mass is 10.1. The van der Waals surface area contributed by atoms with Gasteiger partial charge in [-0.1, -0.05) is 30.7 Å². The largest absolute Gasteiger partial charge is 0.508 e. The van der Waals surface area contributed by atoms with E-state index in [1.54, 1.807) is 35.2 Å². The molecule has 8 heteroatoms. The molecule has 160 valence electrons. The Bertz CT molecular complexity index is 904. The van der Waals surface area contributed by atoms with Gasteiger partial charge in [-0.15, -0.1) is 0 Å². The Morgan fingerprint density at radius 3 is 2.63 bits per heavy atom. The highest BCUT2D eigenvalue weighted by atomic mass is 35.5. The van der Waals surface area contributed by atoms with Crippen LogP contribution in [0, 0.1) is 0 Å². The van der Waals surface area contributed by atoms with Crippen molar-refractivity contribution in [2.24, 2.45) is 5.73 Å². The van der Waals surface area contributed by atoms with E-state index < -0.39 is 5.91 Å². The third-order valence-electron chi connectivity index (χ3n) is 5.42. The number of urea groups is 1. The number of aromatic hydroxyl groups is 1. The van der Waals surface area contributed by atoms with Crippen LogP contribution in [0.4, 0.5) is 10.5 Å². The van der Waals surface area contributed by atoms with E-state index in [2.05, 4.69) is 17.1 Å². The van der Waals surface area contributed by atoms with Gasteiger partial charge in [-0.05, 0) is 61.8 Å². The normalized spacial score (nSPS) is 16.4. The second-order valence-corrected chi connectivity index (χ2v) is 7.87. The zero-order valence-corrected chi connectivity index (χ0v) is 17.7. The molecule has 1 heterocycles. The van der Waals surface area contributed by atoms with Crippen molar-refractivity contribution >= 4 is 29.2 Å². The van der Waals surface area contributed by atoms with E-state index in [0.717, 1.165) is 31.5 Å². The van der Waals surface area contributed by atoms with Gasteiger partial charge in [-0.25, -0.2) is 4.79 Å². The first-order valence-electron chi connectivity index (χ1n) is 10.0. The number of carbonyl (C=O) groups is 2. The molecule has 1 saturated heterocycles. The number of amides is 3. The van der Waals surface area contributed by atoms with Crippen LogP contribution in [-0.2, 0) is 6.54 Å². The lowest BCUT2D eigenvalue weighted by molar-refractivity contribution is 0.100. The van der Waals surface area contributed by atoms with Crippen LogP contribution in [0.15, 0.2) is 42.5 Å². The molecule has 1 atom stereocenters. The zero-order chi connectivity index (χ0) is 21.7. The van der Waals surface area contributed by atoms with E-state index in [0.29, 0.717) is 24.8 Å². The van der Waals surface area contributed by atoms with Crippen molar-refractivity contribution in [2.45, 2.75) is 32.4 Å². The van der Waals surface area contributed by atoms with Crippen LogP contribution < -0.4 is 11.1 Å². The summed E-state index contributed by atoms with van der Waals surface area (Å²) >= 11 is 6.11. The fourth-order valence-corrected chi connectivity index (χ4v) is 4.08. The van der Waals surface area contributed by atoms with Gasteiger partial charge < -0.3 is 21.1 Å². The molecule has 0 spiro atoms. The third kappa shape index (κ3) is 5.43. The van der Waals surface area contributed by atoms with Crippen LogP contribution in [-0.4, -0.2) is 52.5 Å². The van der Waals surface area contributed by atoms with Crippen LogP contribution in [0.1, 0.15) is 35.7 Å². The Morgan fingerprint density at radius 2 is 2.00 bits per heavy atom. The molecule has 7 nitrogen and oxygen atoms in total. The van der Waals surface area contributed by atoms with E-state index in [9.17, 15) is 14.7 Å². The summed E-state index contributed by atoms with van der Waals surface area (Å²) in [5, 5.41) is 12.6. The number of nitrogens with zero attached hydrogens (tertiary/aromatic N) is 2. The molecule has 0 unspecified atom stereocenters. The molecule has 1 aliphatic heterocycles. The van der Waals surface area contributed by atoms with Crippen LogP contribution in [0.5, 0.6) is 5.75 Å². The molecule has 3 rings (SSSR count). The van der Waals surface area contributed by atoms with Crippen molar-refractivity contribution in [3.05, 3.63) is 58.6 Å². The number of carbonyl (C=O) groups excluding carboxylic acids is 2. The monoisotopic (exact) mass is 430 g/mol. The zero-order valence-electron chi connectivity index (χ0n) is 17.0. The standard InChI is InChI=1S/C22H27ClN4O3/c1-2-26-11-3-4-17(26)14-27(13-15-5-8-18(28)9-6-15)22(30)25-16-7-10-19(21(24)29)20(23)12-16/h5-10,12,17,28H,2-4,11,13-14H2,1H3,(H2,24,29)(H,25,30)/t17-/m0/s1. The molecule has 3 amide bonds. The lowest BCUT2D eigenvalue weighted by Gasteiger charge is -2.30. The fraction of sp³-hybridized carbons (Fsp3) is 0.364. The number of hydrogen-bond donors (Lipinski definition) is 3. The Balaban J connectivity index is 1.77. The van der Waals surface area contributed by atoms with Gasteiger partial charge in [-0.2, -0.15) is 0 Å². The number of phenolic OH excluding ortho intramolecular Hbond substituents is 1. The molecular formula is C22H27ClN4O3. The van der Waals surface area contributed by atoms with Gasteiger partial charge in [0.1, 0.15) is 5.75 Å². The van der Waals surface area contributed by atoms with Gasteiger partial charge in [0.25, 0.3) is 0 Å². The molecule has 4 N–H and O–H groups in total. The van der Waals surface area contributed by atoms with Crippen molar-refractivity contribution in [2.75, 3.05) is 25.0 Å². The van der Waals surface area contributed by atoms with Gasteiger partial charge in [0, 0.05) is 24.8 Å². The number of rotatable bonds is 7. The summed E-state index contributed by atoms with van der Waals surface area (Å²) in [6.45, 7) is 5.12. The minimum absolute atomic E-state index is 0.187. The quantitative estimate of drug-likeness (QED) is 0.624. The molecule has 2 aromatic carbocycles. The summed E-state index contributed by atoms with van der Waals surface area (Å²) in [6, 6.07) is 11.5. The van der Waals surface area contributed by atoms with Crippen molar-refractivity contribution in [1.82, 2.24) is 9.80 Å². The van der Waals surface area contributed by atoms with Crippen LogP contribution in [0.25, 0.3) is 0 Å². The summed E-state index contributed by atoms with van der Waals surface area (Å²) in [4.78, 5) is 28.6. The average molecular weight is 431 g/mol. The number of nitrogens with one attached hydrogen (secondary N) is 1. The average Bonchev–Trinajstić information content (AvgIpc) is 3.16. The number of anilines is 1. The minimum atomic E-state index is -0.618. The van der Waals surface area contributed by atoms with Crippen molar-refractivity contribution in [3.63, 3.8) is 0 Å². The number of primary amides is 1. The second-order valence-electron chi connectivity index (χ2n) is 7.46. The number of likely N-dealkylation sites (N-methyl/N-ethyl adjacent to an activating group) is 1. The van der Waals surface area contributed by atoms with Crippen LogP contribution in [0.2, 0.25) is 5.02 Å². The first-order chi connectivity index (χ1) is 14.4. The molecule has 1 fully saturated rings. The van der Waals surface area contributed by atoms with Crippen LogP contribution in [0.3, 0.4) is 0 Å². The van der Waals surface area contributed by atoms with E-state index in [1.807, 2.05) is 0 Å². The molecular weight excluding hydrogens is 404 g/mol. The second kappa shape index (κ2) is 9.82. The molecule has 1 aliphatic rings. The summed E-state index contributed by atoms with van der Waals surface area (Å²) in [7, 11) is 0. The van der Waals surface area contributed by atoms with Crippen molar-refractivity contribution in [3.8, 4) is 5.75 Å². The molecule has 0 radical (unpaired) electrons. The number of benzene rings is 2. The third-order valence-corrected chi connectivity index (χ3v) is 5.73. The smallest absolute Gasteiger partial charge is 0.322 e. The first kappa shape index (κ1) is 21.9. The Hall–Kier alpha value is -2.77. The van der Waals surface area contributed by atoms with Crippen molar-refractivity contribution in [1.29, 1.82) is 0 Å². The van der Waals surface area contributed by atoms with Gasteiger partial charge in [0.15, 0.2) is 0 Å². The predicted molar refractivity (Wildman–Crippen MR) is 118 cm³/mol. The van der Waals surface area contributed by atoms with E-state index >= 15 is 0 Å². The van der Waals surface area contributed by atoms with Gasteiger partial charge in [0.05, 0.1) is 10.6 Å². The lowest BCUT2D eigenvalue weighted by Crippen LogP contribution is -2.44. The van der Waals surface area contributed by atoms with E-state index in [4.69, 9.17) is 17.3 Å². The summed E-state index contributed by atoms with van der Waals surface area (Å²) < 4.78 is 0. The van der Waals surface area contributed by atoms with E-state index in [-0.39, 0.29) is 22.4 Å². The maximum Gasteiger partial charge on any atom is 0.322 e. The van der Waals surface area contributed by atoms with Crippen LogP contribution >= 0.6 is 11.6 Å². The van der Waals surface area contributed by atoms with E-state index in [1.165, 1.54) is 12.1 Å². The number of nitrogens with two attached hydrogens (primary N) is 1. The number of halogens is 1. The maximum atomic E-state index is 13.1. The van der Waals surface area contributed by atoms with Gasteiger partial charge in [0.2, 0.25) is 5.91 Å². The molecule has 0 aromatic heterocycles. The fourth-order valence-electron chi connectivity index (χ4n) is 3.81. The molecule has 0 bridgehead atoms. The van der Waals surface area contributed by atoms with Gasteiger partial charge in [-0.3, -0.25) is 9.69 Å². The Labute approximate surface area is 181 Å². The summed E-state index contributed by atoms with van der Waals surface area (Å²) in [5.74, 6) is -0.431. The molecule has 0 saturated carbocycles. The maximum absolute atomic E-state index is 13.1. The first-order valence-corrected chi connectivity index (χ1v) is 10.4. The van der Waals surface area contributed by atoms with Crippen molar-refractivity contribution < 1.29 is 14.7 Å². The topological polar surface area (TPSA) is 98.9 Å². The minimum Gasteiger partial charge on any atom is -0.508 e. The Kier molecular flexibility index (Phi) is 7.18. The highest BCUT2D eigenvalue weighted by Gasteiger charge is 2.27. The number of hydrogen-bond acceptors (Lipinski definition) is 4. The molecule has 2 aromatic rings. The highest BCUT2D eigenvalue weighted by molar-refractivity contribution is 6.34. The predicted octanol–water partition coefficient (Wildman–Crippen LogP) is 3.66. The van der Waals surface area contributed by atoms with Gasteiger partial charge >= 0.3 is 6.03 Å². The number of likely N-dealkylation sites (tertiary alicyclic amines) is 1. The Morgan fingerprint density at radius 1 is 1.27 bits per heavy atom. The summed E-state index contributed by atoms with van der Waals surface area (Å²) in [5.41, 5.74) is 6.91. The molecule has 0 aliphatic carbocycles. The SMILES string of the molecule is CCN1CCC[C@H]1CN(Cc1ccc(O)cc1)C(=O)Nc1ccc(C(N)=O)c(Cl)c1. The number of phenols is 1. The molecule has 30 heavy (non-hydrogen) atoms. The summed E-state index contributed by atoms with van der Waals surface area (Å²) in [6.07, 6.45) is 2.17. The highest BCUT2D eigenvalue weighted by Crippen LogP contribution is 2.23.